The summed E-state index contributed by atoms with van der Waals surface area (Å²) >= 11 is 0. The van der Waals surface area contributed by atoms with Crippen molar-refractivity contribution < 1.29 is 23.9 Å². The summed E-state index contributed by atoms with van der Waals surface area (Å²) in [5.41, 5.74) is 0.143. The maximum absolute atomic E-state index is 12.6. The molecular weight excluding hydrogens is 422 g/mol. The highest BCUT2D eigenvalue weighted by Crippen LogP contribution is 2.34. The lowest BCUT2D eigenvalue weighted by molar-refractivity contribution is 0.0107. The van der Waals surface area contributed by atoms with Crippen LogP contribution in [0.3, 0.4) is 0 Å². The molecule has 2 aromatic carbocycles. The number of amides is 1. The molecule has 1 N–H and O–H groups in total. The number of likely N-dealkylation sites (tertiary alicyclic amines) is 1. The average Bonchev–Trinajstić information content (AvgIpc) is 3.37. The Kier molecular flexibility index (Phi) is 6.30. The van der Waals surface area contributed by atoms with Crippen LogP contribution in [-0.4, -0.2) is 51.1 Å². The molecule has 1 amide bonds. The summed E-state index contributed by atoms with van der Waals surface area (Å²) in [6.07, 6.45) is -0.893. The van der Waals surface area contributed by atoms with Gasteiger partial charge in [0, 0.05) is 12.1 Å². The van der Waals surface area contributed by atoms with Gasteiger partial charge in [0.25, 0.3) is 5.89 Å². The molecule has 4 rings (SSSR count). The molecule has 8 heteroatoms. The second kappa shape index (κ2) is 9.02. The maximum Gasteiger partial charge on any atom is 0.411 e. The molecule has 2 heterocycles. The van der Waals surface area contributed by atoms with E-state index in [1.54, 1.807) is 20.8 Å². The van der Waals surface area contributed by atoms with Gasteiger partial charge in [0.2, 0.25) is 5.82 Å². The number of nitrogens with zero attached hydrogens (tertiary/aromatic N) is 3. The third-order valence-electron chi connectivity index (χ3n) is 5.34. The van der Waals surface area contributed by atoms with Crippen molar-refractivity contribution in [3.05, 3.63) is 42.3 Å². The van der Waals surface area contributed by atoms with E-state index in [1.807, 2.05) is 36.4 Å². The van der Waals surface area contributed by atoms with Crippen LogP contribution in [0.5, 0.6) is 5.75 Å². The Morgan fingerprint density at radius 2 is 1.94 bits per heavy atom. The van der Waals surface area contributed by atoms with E-state index in [4.69, 9.17) is 14.0 Å². The topological polar surface area (TPSA) is 97.9 Å². The van der Waals surface area contributed by atoms with Crippen LogP contribution in [0.4, 0.5) is 4.79 Å². The smallest absolute Gasteiger partial charge is 0.411 e. The molecule has 0 bridgehead atoms. The summed E-state index contributed by atoms with van der Waals surface area (Å²) in [4.78, 5) is 18.6. The number of fused-ring (bicyclic) bond motifs is 1. The fourth-order valence-electron chi connectivity index (χ4n) is 3.79. The van der Waals surface area contributed by atoms with Crippen LogP contribution < -0.4 is 4.74 Å². The summed E-state index contributed by atoms with van der Waals surface area (Å²) in [7, 11) is 0. The van der Waals surface area contributed by atoms with Crippen molar-refractivity contribution in [3.8, 4) is 17.1 Å². The molecule has 3 aromatic rings. The van der Waals surface area contributed by atoms with Crippen molar-refractivity contribution >= 4 is 16.9 Å². The number of carbonyl (C=O) groups is 1. The molecule has 33 heavy (non-hydrogen) atoms. The Bertz CT molecular complexity index is 1130. The van der Waals surface area contributed by atoms with Gasteiger partial charge in [0.05, 0.1) is 12.7 Å². The molecule has 0 radical (unpaired) electrons. The van der Waals surface area contributed by atoms with Crippen molar-refractivity contribution in [2.45, 2.75) is 58.8 Å². The molecule has 0 aliphatic carbocycles. The molecule has 1 aliphatic heterocycles. The van der Waals surface area contributed by atoms with Crippen molar-refractivity contribution in [2.75, 3.05) is 13.2 Å². The van der Waals surface area contributed by atoms with Crippen molar-refractivity contribution in [3.63, 3.8) is 0 Å². The first kappa shape index (κ1) is 23.0. The van der Waals surface area contributed by atoms with Crippen molar-refractivity contribution in [2.24, 2.45) is 5.92 Å². The van der Waals surface area contributed by atoms with E-state index >= 15 is 0 Å². The van der Waals surface area contributed by atoms with Gasteiger partial charge >= 0.3 is 6.09 Å². The van der Waals surface area contributed by atoms with Crippen LogP contribution in [0.25, 0.3) is 22.2 Å². The lowest BCUT2D eigenvalue weighted by Crippen LogP contribution is -2.38. The Labute approximate surface area is 193 Å². The molecule has 1 aliphatic rings. The van der Waals surface area contributed by atoms with Gasteiger partial charge in [-0.3, -0.25) is 4.90 Å². The Hall–Kier alpha value is -3.13. The third-order valence-corrected chi connectivity index (χ3v) is 5.34. The summed E-state index contributed by atoms with van der Waals surface area (Å²) < 4.78 is 16.8. The highest BCUT2D eigenvalue weighted by Gasteiger charge is 2.42. The normalized spacial score (nSPS) is 18.8. The fourth-order valence-corrected chi connectivity index (χ4v) is 3.79. The number of aromatic nitrogens is 2. The van der Waals surface area contributed by atoms with Crippen molar-refractivity contribution in [1.82, 2.24) is 15.0 Å². The number of aliphatic hydroxyl groups is 1. The Morgan fingerprint density at radius 1 is 1.21 bits per heavy atom. The standard InChI is InChI=1S/C25H31N3O5/c1-15(2)14-31-19-9-8-16-12-18(7-6-17(16)13-19)22-26-23(33-27-22)21-20(29)10-11-28(21)24(30)32-25(3,4)5/h6-9,12-13,15,20-21,29H,10-11,14H2,1-5H3/t20-,21-/m0/s1. The highest BCUT2D eigenvalue weighted by atomic mass is 16.6. The van der Waals surface area contributed by atoms with E-state index in [1.165, 1.54) is 4.90 Å². The van der Waals surface area contributed by atoms with Crippen LogP contribution in [-0.2, 0) is 4.74 Å². The number of hydrogen-bond acceptors (Lipinski definition) is 7. The number of benzene rings is 2. The quantitative estimate of drug-likeness (QED) is 0.582. The number of carbonyl (C=O) groups excluding carboxylic acids is 1. The van der Waals surface area contributed by atoms with Crippen LogP contribution in [0.15, 0.2) is 40.9 Å². The molecule has 1 aromatic heterocycles. The van der Waals surface area contributed by atoms with E-state index in [0.29, 0.717) is 31.3 Å². The summed E-state index contributed by atoms with van der Waals surface area (Å²) in [5, 5.41) is 16.7. The minimum absolute atomic E-state index is 0.193. The largest absolute Gasteiger partial charge is 0.493 e. The van der Waals surface area contributed by atoms with Gasteiger partial charge in [0.15, 0.2) is 0 Å². The zero-order valence-electron chi connectivity index (χ0n) is 19.7. The molecule has 0 spiro atoms. The molecule has 1 fully saturated rings. The molecule has 176 valence electrons. The Morgan fingerprint density at radius 3 is 2.67 bits per heavy atom. The summed E-state index contributed by atoms with van der Waals surface area (Å²) in [5.74, 6) is 1.89. The van der Waals surface area contributed by atoms with Gasteiger partial charge in [-0.2, -0.15) is 4.98 Å². The fraction of sp³-hybridized carbons (Fsp3) is 0.480. The number of hydrogen-bond donors (Lipinski definition) is 1. The van der Waals surface area contributed by atoms with Gasteiger partial charge < -0.3 is 19.1 Å². The van der Waals surface area contributed by atoms with Crippen LogP contribution >= 0.6 is 0 Å². The summed E-state index contributed by atoms with van der Waals surface area (Å²) in [6, 6.07) is 11.1. The summed E-state index contributed by atoms with van der Waals surface area (Å²) in [6.45, 7) is 10.7. The van der Waals surface area contributed by atoms with E-state index in [0.717, 1.165) is 22.1 Å². The second-order valence-electron chi connectivity index (χ2n) is 9.86. The maximum atomic E-state index is 12.6. The van der Waals surface area contributed by atoms with E-state index in [9.17, 15) is 9.90 Å². The molecule has 1 saturated heterocycles. The van der Waals surface area contributed by atoms with Crippen LogP contribution in [0, 0.1) is 5.92 Å². The average molecular weight is 454 g/mol. The third kappa shape index (κ3) is 5.27. The lowest BCUT2D eigenvalue weighted by Gasteiger charge is -2.27. The van der Waals surface area contributed by atoms with Crippen molar-refractivity contribution in [1.29, 1.82) is 0 Å². The van der Waals surface area contributed by atoms with Gasteiger partial charge in [-0.05, 0) is 62.1 Å². The first-order valence-corrected chi connectivity index (χ1v) is 11.3. The van der Waals surface area contributed by atoms with Gasteiger partial charge in [0.1, 0.15) is 17.4 Å². The minimum Gasteiger partial charge on any atom is -0.493 e. The SMILES string of the molecule is CC(C)COc1ccc2cc(-c3noc([C@@H]4[C@@H](O)CCN4C(=O)OC(C)(C)C)n3)ccc2c1. The molecule has 2 atom stereocenters. The van der Waals surface area contributed by atoms with E-state index in [-0.39, 0.29) is 5.89 Å². The first-order valence-electron chi connectivity index (χ1n) is 11.3. The van der Waals surface area contributed by atoms with Gasteiger partial charge in [-0.15, -0.1) is 0 Å². The zero-order valence-corrected chi connectivity index (χ0v) is 19.7. The number of ether oxygens (including phenoxy) is 2. The van der Waals surface area contributed by atoms with Gasteiger partial charge in [-0.1, -0.05) is 37.2 Å². The predicted molar refractivity (Wildman–Crippen MR) is 124 cm³/mol. The van der Waals surface area contributed by atoms with E-state index < -0.39 is 23.8 Å². The van der Waals surface area contributed by atoms with E-state index in [2.05, 4.69) is 24.0 Å². The molecule has 8 nitrogen and oxygen atoms in total. The monoisotopic (exact) mass is 453 g/mol. The number of rotatable bonds is 5. The zero-order chi connectivity index (χ0) is 23.8. The Balaban J connectivity index is 1.55. The predicted octanol–water partition coefficient (Wildman–Crippen LogP) is 4.97. The molecule has 0 unspecified atom stereocenters. The van der Waals surface area contributed by atoms with Crippen LogP contribution in [0.2, 0.25) is 0 Å². The highest BCUT2D eigenvalue weighted by molar-refractivity contribution is 5.87. The van der Waals surface area contributed by atoms with Crippen LogP contribution in [0.1, 0.15) is 53.0 Å². The molecular formula is C25H31N3O5. The van der Waals surface area contributed by atoms with Gasteiger partial charge in [-0.25, -0.2) is 4.79 Å². The lowest BCUT2D eigenvalue weighted by atomic mass is 10.1. The number of aliphatic hydroxyl groups excluding tert-OH is 1. The second-order valence-corrected chi connectivity index (χ2v) is 9.86. The minimum atomic E-state index is -0.799. The first-order chi connectivity index (χ1) is 15.6. The molecule has 0 saturated carbocycles.